The van der Waals surface area contributed by atoms with Crippen molar-refractivity contribution in [3.8, 4) is 0 Å². The summed E-state index contributed by atoms with van der Waals surface area (Å²) in [7, 11) is -6.49. The molecule has 1 aliphatic carbocycles. The molecule has 1 radical (unpaired) electrons. The van der Waals surface area contributed by atoms with Crippen LogP contribution in [0.15, 0.2) is 144 Å². The van der Waals surface area contributed by atoms with Crippen LogP contribution in [-0.4, -0.2) is 60.1 Å². The predicted octanol–water partition coefficient (Wildman–Crippen LogP) is 5.62. The van der Waals surface area contributed by atoms with Crippen LogP contribution in [0.2, 0.25) is 0 Å². The van der Waals surface area contributed by atoms with Crippen molar-refractivity contribution in [3.63, 3.8) is 0 Å². The van der Waals surface area contributed by atoms with Gasteiger partial charge in [0.05, 0.1) is 22.4 Å². The molecule has 0 amide bonds. The first kappa shape index (κ1) is 43.3. The average molecular weight is 830 g/mol. The molecule has 2 aliphatic heterocycles. The first-order chi connectivity index (χ1) is 25.2. The summed E-state index contributed by atoms with van der Waals surface area (Å²) in [5.41, 5.74) is 1.91. The molecule has 0 fully saturated rings. The Bertz CT molecular complexity index is 1760. The van der Waals surface area contributed by atoms with Crippen molar-refractivity contribution >= 4 is 37.9 Å². The van der Waals surface area contributed by atoms with Crippen molar-refractivity contribution in [3.05, 3.63) is 164 Å². The standard InChI is InChI=1S/C40H44O4Si2.Co.2HNO3/c1-37(2)33-34(38(3,4)42-45(41-37,29-21-13-9-14-22-29)30-23-15-10-16-24-30)36-35(33)39(5,6)43-46(44-40(36,7)8,31-25-17-11-18-26-31)32-27-19-12-20-28-32;;2*2-1(3)4/h9-28H,1-8H3;;2*(H,2,3,4). The molecule has 55 heavy (non-hydrogen) atoms. The van der Waals surface area contributed by atoms with Gasteiger partial charge in [-0.1, -0.05) is 121 Å². The zero-order valence-corrected chi connectivity index (χ0v) is 35.0. The topological polar surface area (TPSA) is 164 Å². The average Bonchev–Trinajstić information content (AvgIpc) is 3.16. The largest absolute Gasteiger partial charge is 0.408 e. The Morgan fingerprint density at radius 1 is 0.418 bits per heavy atom. The summed E-state index contributed by atoms with van der Waals surface area (Å²) in [6.45, 7) is 17.7. The normalized spacial score (nSPS) is 20.4. The van der Waals surface area contributed by atoms with Crippen molar-refractivity contribution in [2.24, 2.45) is 0 Å². The molecule has 7 rings (SSSR count). The molecule has 15 heteroatoms. The Hall–Kier alpha value is -4.46. The van der Waals surface area contributed by atoms with Crippen molar-refractivity contribution in [1.29, 1.82) is 0 Å². The van der Waals surface area contributed by atoms with Gasteiger partial charge in [0.2, 0.25) is 0 Å². The third kappa shape index (κ3) is 8.39. The molecular weight excluding hydrogens is 784 g/mol. The van der Waals surface area contributed by atoms with E-state index in [4.69, 9.17) is 48.3 Å². The van der Waals surface area contributed by atoms with Crippen LogP contribution in [0.25, 0.3) is 0 Å². The molecule has 0 atom stereocenters. The Balaban J connectivity index is 0.000000684. The Morgan fingerprint density at radius 3 is 0.709 bits per heavy atom. The van der Waals surface area contributed by atoms with E-state index in [2.05, 4.69) is 177 Å². The second-order valence-electron chi connectivity index (χ2n) is 15.1. The third-order valence-corrected chi connectivity index (χ3v) is 17.2. The molecule has 0 spiro atoms. The molecular formula is C40H46CoN2O10Si2. The number of fused-ring (bicyclic) bond motifs is 2. The zero-order valence-electron chi connectivity index (χ0n) is 31.9. The van der Waals surface area contributed by atoms with Gasteiger partial charge in [0, 0.05) is 16.8 Å². The van der Waals surface area contributed by atoms with E-state index in [0.29, 0.717) is 0 Å². The maximum absolute atomic E-state index is 8.36. The Morgan fingerprint density at radius 2 is 0.564 bits per heavy atom. The maximum Gasteiger partial charge on any atom is 0.408 e. The van der Waals surface area contributed by atoms with Crippen molar-refractivity contribution in [2.75, 3.05) is 0 Å². The van der Waals surface area contributed by atoms with Gasteiger partial charge in [-0.05, 0) is 98.4 Å². The van der Waals surface area contributed by atoms with Crippen molar-refractivity contribution < 1.29 is 55.1 Å². The minimum Gasteiger partial charge on any atom is -0.378 e. The second kappa shape index (κ2) is 16.0. The van der Waals surface area contributed by atoms with Gasteiger partial charge in [-0.15, -0.1) is 20.2 Å². The molecule has 4 aromatic carbocycles. The molecule has 2 N–H and O–H groups in total. The molecule has 0 bridgehead atoms. The van der Waals surface area contributed by atoms with Crippen LogP contribution in [-0.2, 0) is 34.5 Å². The second-order valence-corrected chi connectivity index (χ2v) is 20.7. The minimum absolute atomic E-state index is 0. The molecule has 0 aromatic heterocycles. The summed E-state index contributed by atoms with van der Waals surface area (Å²) >= 11 is 0. The van der Waals surface area contributed by atoms with Crippen molar-refractivity contribution in [2.45, 2.75) is 77.8 Å². The number of hydrogen-bond donors (Lipinski definition) is 2. The molecule has 4 aromatic rings. The van der Waals surface area contributed by atoms with E-state index >= 15 is 0 Å². The summed E-state index contributed by atoms with van der Waals surface area (Å²) in [5, 5.41) is 31.6. The van der Waals surface area contributed by atoms with Gasteiger partial charge in [-0.25, -0.2) is 0 Å². The molecule has 0 unspecified atom stereocenters. The van der Waals surface area contributed by atoms with Crippen LogP contribution in [0.5, 0.6) is 0 Å². The zero-order chi connectivity index (χ0) is 39.7. The van der Waals surface area contributed by atoms with Gasteiger partial charge in [-0.2, -0.15) is 0 Å². The van der Waals surface area contributed by atoms with Crippen LogP contribution in [0.3, 0.4) is 0 Å². The number of rotatable bonds is 4. The van der Waals surface area contributed by atoms with Crippen LogP contribution < -0.4 is 20.7 Å². The molecule has 0 saturated carbocycles. The van der Waals surface area contributed by atoms with Gasteiger partial charge in [0.15, 0.2) is 0 Å². The van der Waals surface area contributed by atoms with E-state index in [0.717, 1.165) is 20.7 Å². The van der Waals surface area contributed by atoms with E-state index in [1.807, 2.05) is 0 Å². The smallest absolute Gasteiger partial charge is 0.378 e. The molecule has 12 nitrogen and oxygen atoms in total. The summed E-state index contributed by atoms with van der Waals surface area (Å²) in [6, 6.07) is 42.1. The van der Waals surface area contributed by atoms with Gasteiger partial charge in [0.25, 0.3) is 10.2 Å². The maximum atomic E-state index is 8.36. The van der Waals surface area contributed by atoms with Crippen LogP contribution in [0.1, 0.15) is 55.4 Å². The fourth-order valence-electron chi connectivity index (χ4n) is 7.96. The van der Waals surface area contributed by atoms with Crippen LogP contribution in [0, 0.1) is 20.2 Å². The first-order valence-electron chi connectivity index (χ1n) is 17.4. The SMILES string of the molecule is CC1(C)O[Si](c2ccccc2)(c2ccccc2)OC(C)(C)C2=C1C1=C2C(C)(C)O[Si](c2ccccc2)(c2ccccc2)OC1(C)C.O=[N+]([O-])O.O=[N+]([O-])O.[Co]. The minimum atomic E-state index is -3.24. The quantitative estimate of drug-likeness (QED) is 0.150. The number of hydrogen-bond acceptors (Lipinski definition) is 8. The predicted molar refractivity (Wildman–Crippen MR) is 208 cm³/mol. The van der Waals surface area contributed by atoms with Gasteiger partial charge >= 0.3 is 17.1 Å². The number of nitrogens with zero attached hydrogens (tertiary/aromatic N) is 2. The summed E-state index contributed by atoms with van der Waals surface area (Å²) in [5.74, 6) is 0. The fourth-order valence-corrected chi connectivity index (χ4v) is 15.5. The summed E-state index contributed by atoms with van der Waals surface area (Å²) in [6.07, 6.45) is 0. The fraction of sp³-hybridized carbons (Fsp3) is 0.300. The van der Waals surface area contributed by atoms with Gasteiger partial charge in [-0.3, -0.25) is 0 Å². The van der Waals surface area contributed by atoms with Gasteiger partial charge < -0.3 is 28.1 Å². The Labute approximate surface area is 333 Å². The molecule has 2 heterocycles. The first-order valence-corrected chi connectivity index (χ1v) is 21.0. The van der Waals surface area contributed by atoms with E-state index in [9.17, 15) is 0 Å². The molecule has 3 aliphatic rings. The van der Waals surface area contributed by atoms with E-state index in [-0.39, 0.29) is 16.8 Å². The van der Waals surface area contributed by atoms with E-state index in [1.54, 1.807) is 0 Å². The van der Waals surface area contributed by atoms with Gasteiger partial charge in [0.1, 0.15) is 0 Å². The number of benzene rings is 4. The monoisotopic (exact) mass is 829 g/mol. The van der Waals surface area contributed by atoms with Crippen LogP contribution in [0.4, 0.5) is 0 Å². The Kier molecular flexibility index (Phi) is 12.6. The summed E-state index contributed by atoms with van der Waals surface area (Å²) in [4.78, 5) is 16.7. The van der Waals surface area contributed by atoms with E-state index < -0.39 is 49.7 Å². The van der Waals surface area contributed by atoms with Crippen LogP contribution >= 0.6 is 0 Å². The summed E-state index contributed by atoms with van der Waals surface area (Å²) < 4.78 is 30.2. The third-order valence-electron chi connectivity index (χ3n) is 9.62. The van der Waals surface area contributed by atoms with Crippen molar-refractivity contribution in [1.82, 2.24) is 0 Å². The molecule has 0 saturated heterocycles. The van der Waals surface area contributed by atoms with E-state index in [1.165, 1.54) is 22.3 Å². The molecule has 293 valence electrons.